The molecule has 3 aliphatic rings. The maximum Gasteiger partial charge on any atom is 0.230 e. The molecule has 0 aromatic rings. The summed E-state index contributed by atoms with van der Waals surface area (Å²) in [6.07, 6.45) is -0.232. The Morgan fingerprint density at radius 1 is 1.22 bits per heavy atom. The van der Waals surface area contributed by atoms with E-state index in [1.807, 2.05) is 0 Å². The summed E-state index contributed by atoms with van der Waals surface area (Å²) in [5.41, 5.74) is 2.31. The molecule has 27 heavy (non-hydrogen) atoms. The van der Waals surface area contributed by atoms with Gasteiger partial charge in [-0.2, -0.15) is 0 Å². The smallest absolute Gasteiger partial charge is 0.230 e. The normalized spacial score (nSPS) is 44.3. The summed E-state index contributed by atoms with van der Waals surface area (Å²) in [4.78, 5) is 38.6. The van der Waals surface area contributed by atoms with E-state index < -0.39 is 64.8 Å². The summed E-state index contributed by atoms with van der Waals surface area (Å²) >= 11 is 0. The summed E-state index contributed by atoms with van der Waals surface area (Å²) in [5.74, 6) is -8.26. The van der Waals surface area contributed by atoms with Crippen LogP contribution in [-0.4, -0.2) is 80.7 Å². The van der Waals surface area contributed by atoms with Gasteiger partial charge in [0.15, 0.2) is 17.2 Å². The van der Waals surface area contributed by atoms with Gasteiger partial charge in [-0.1, -0.05) is 13.0 Å². The lowest BCUT2D eigenvalue weighted by Gasteiger charge is -2.55. The third-order valence-electron chi connectivity index (χ3n) is 6.17. The Balaban J connectivity index is 2.31. The number of hydrogen-bond donors (Lipinski definition) is 5. The number of amides is 1. The molecule has 1 amide bonds. The van der Waals surface area contributed by atoms with Crippen LogP contribution in [0.25, 0.3) is 0 Å². The minimum atomic E-state index is -2.71. The topological polar surface area (TPSA) is 161 Å². The largest absolute Gasteiger partial charge is 0.508 e. The molecule has 9 heteroatoms. The van der Waals surface area contributed by atoms with Gasteiger partial charge in [0, 0.05) is 23.5 Å². The lowest BCUT2D eigenvalue weighted by Crippen LogP contribution is -2.74. The van der Waals surface area contributed by atoms with Gasteiger partial charge in [0.05, 0.1) is 12.2 Å². The van der Waals surface area contributed by atoms with Crippen molar-refractivity contribution in [3.63, 3.8) is 0 Å². The third kappa shape index (κ3) is 2.42. The zero-order chi connectivity index (χ0) is 20.4. The molecule has 0 spiro atoms. The summed E-state index contributed by atoms with van der Waals surface area (Å²) < 4.78 is 0. The van der Waals surface area contributed by atoms with E-state index in [0.29, 0.717) is 0 Å². The Kier molecular flexibility index (Phi) is 4.54. The van der Waals surface area contributed by atoms with Crippen LogP contribution in [0.5, 0.6) is 0 Å². The van der Waals surface area contributed by atoms with E-state index in [4.69, 9.17) is 5.73 Å². The van der Waals surface area contributed by atoms with Gasteiger partial charge in [-0.05, 0) is 26.1 Å². The number of carbonyl (C=O) groups excluding carboxylic acids is 3. The van der Waals surface area contributed by atoms with Crippen molar-refractivity contribution in [2.24, 2.45) is 29.4 Å². The number of allylic oxidation sites excluding steroid dienone is 2. The lowest BCUT2D eigenvalue weighted by atomic mass is 9.54. The fourth-order valence-electron chi connectivity index (χ4n) is 4.92. The zero-order valence-corrected chi connectivity index (χ0v) is 15.2. The van der Waals surface area contributed by atoms with Gasteiger partial charge < -0.3 is 31.1 Å². The van der Waals surface area contributed by atoms with Crippen LogP contribution in [-0.2, 0) is 14.4 Å². The number of fused-ring (bicyclic) bond motifs is 2. The molecule has 0 saturated heterocycles. The van der Waals surface area contributed by atoms with E-state index in [-0.39, 0.29) is 11.5 Å². The van der Waals surface area contributed by atoms with Gasteiger partial charge >= 0.3 is 0 Å². The van der Waals surface area contributed by atoms with Crippen LogP contribution in [0.2, 0.25) is 0 Å². The summed E-state index contributed by atoms with van der Waals surface area (Å²) in [5, 5.41) is 43.8. The first-order valence-corrected chi connectivity index (χ1v) is 8.70. The summed E-state index contributed by atoms with van der Waals surface area (Å²) in [6.45, 7) is 1.73. The molecule has 9 nitrogen and oxygen atoms in total. The fourth-order valence-corrected chi connectivity index (χ4v) is 4.92. The molecule has 0 heterocycles. The first-order chi connectivity index (χ1) is 12.5. The number of aliphatic hydroxyl groups is 4. The van der Waals surface area contributed by atoms with Crippen molar-refractivity contribution in [1.82, 2.24) is 4.90 Å². The number of rotatable bonds is 2. The lowest BCUT2D eigenvalue weighted by molar-refractivity contribution is -0.195. The molecule has 8 atom stereocenters. The van der Waals surface area contributed by atoms with E-state index in [9.17, 15) is 34.8 Å². The molecule has 1 saturated carbocycles. The van der Waals surface area contributed by atoms with E-state index in [1.54, 1.807) is 27.1 Å². The van der Waals surface area contributed by atoms with Crippen LogP contribution in [0.15, 0.2) is 23.5 Å². The molecular formula is C18H24N2O7. The fraction of sp³-hybridized carbons (Fsp3) is 0.611. The van der Waals surface area contributed by atoms with Crippen molar-refractivity contribution in [3.05, 3.63) is 23.5 Å². The molecule has 6 N–H and O–H groups in total. The summed E-state index contributed by atoms with van der Waals surface area (Å²) in [6, 6.07) is -1.07. The number of Topliss-reactive ketones (excluding diaryl/α,β-unsaturated/α-hetero) is 1. The minimum absolute atomic E-state index is 0.248. The van der Waals surface area contributed by atoms with Crippen LogP contribution in [0.3, 0.4) is 0 Å². The van der Waals surface area contributed by atoms with Crippen molar-refractivity contribution in [1.29, 1.82) is 0 Å². The van der Waals surface area contributed by atoms with Crippen LogP contribution in [0, 0.1) is 23.7 Å². The van der Waals surface area contributed by atoms with Gasteiger partial charge in [0.2, 0.25) is 5.91 Å². The molecule has 0 radical (unpaired) electrons. The molecule has 3 aliphatic carbocycles. The minimum Gasteiger partial charge on any atom is -0.508 e. The maximum atomic E-state index is 13.0. The predicted molar refractivity (Wildman–Crippen MR) is 92.1 cm³/mol. The predicted octanol–water partition coefficient (Wildman–Crippen LogP) is -2.11. The Hall–Kier alpha value is -2.07. The molecular weight excluding hydrogens is 356 g/mol. The second-order valence-corrected chi connectivity index (χ2v) is 7.84. The number of primary amides is 1. The number of aliphatic hydroxyl groups excluding tert-OH is 3. The van der Waals surface area contributed by atoms with E-state index >= 15 is 0 Å². The van der Waals surface area contributed by atoms with E-state index in [0.717, 1.165) is 0 Å². The highest BCUT2D eigenvalue weighted by molar-refractivity contribution is 6.11. The SMILES string of the molecule is CC1C=CC(=O)C2=C(O)[C@]3(O)C(=O)C(C(N)=O)C(O)C(N(C)C)C3C(O)C21. The summed E-state index contributed by atoms with van der Waals surface area (Å²) in [7, 11) is 3.08. The van der Waals surface area contributed by atoms with Crippen molar-refractivity contribution in [3.8, 4) is 0 Å². The maximum absolute atomic E-state index is 13.0. The molecule has 0 bridgehead atoms. The first-order valence-electron chi connectivity index (χ1n) is 8.70. The molecule has 148 valence electrons. The van der Waals surface area contributed by atoms with Crippen molar-refractivity contribution in [2.75, 3.05) is 14.1 Å². The van der Waals surface area contributed by atoms with Crippen molar-refractivity contribution >= 4 is 17.5 Å². The second-order valence-electron chi connectivity index (χ2n) is 7.84. The number of nitrogens with two attached hydrogens (primary N) is 1. The number of hydrogen-bond acceptors (Lipinski definition) is 8. The molecule has 0 aromatic heterocycles. The van der Waals surface area contributed by atoms with E-state index in [2.05, 4.69) is 0 Å². The molecule has 7 unspecified atom stereocenters. The number of nitrogens with zero attached hydrogens (tertiary/aromatic N) is 1. The zero-order valence-electron chi connectivity index (χ0n) is 15.2. The van der Waals surface area contributed by atoms with Crippen LogP contribution in [0.1, 0.15) is 6.92 Å². The first kappa shape index (κ1) is 19.7. The number of likely N-dealkylation sites (N-methyl/N-ethyl adjacent to an activating group) is 1. The Morgan fingerprint density at radius 3 is 2.33 bits per heavy atom. The highest BCUT2D eigenvalue weighted by Crippen LogP contribution is 2.51. The van der Waals surface area contributed by atoms with Crippen LogP contribution in [0.4, 0.5) is 0 Å². The number of ketones is 2. The van der Waals surface area contributed by atoms with Gasteiger partial charge in [0.25, 0.3) is 0 Å². The molecule has 0 aromatic carbocycles. The third-order valence-corrected chi connectivity index (χ3v) is 6.17. The average molecular weight is 380 g/mol. The second kappa shape index (κ2) is 6.23. The Bertz CT molecular complexity index is 774. The van der Waals surface area contributed by atoms with Gasteiger partial charge in [-0.3, -0.25) is 14.4 Å². The Labute approximate surface area is 155 Å². The average Bonchev–Trinajstić information content (AvgIpc) is 2.56. The highest BCUT2D eigenvalue weighted by Gasteiger charge is 2.68. The van der Waals surface area contributed by atoms with Gasteiger partial charge in [-0.25, -0.2) is 0 Å². The van der Waals surface area contributed by atoms with Crippen molar-refractivity contribution in [2.45, 2.75) is 30.8 Å². The van der Waals surface area contributed by atoms with Crippen LogP contribution >= 0.6 is 0 Å². The monoisotopic (exact) mass is 380 g/mol. The van der Waals surface area contributed by atoms with Crippen LogP contribution < -0.4 is 5.73 Å². The molecule has 3 rings (SSSR count). The van der Waals surface area contributed by atoms with Gasteiger partial charge in [0.1, 0.15) is 11.7 Å². The van der Waals surface area contributed by atoms with Crippen molar-refractivity contribution < 1.29 is 34.8 Å². The molecule has 1 fully saturated rings. The van der Waals surface area contributed by atoms with Gasteiger partial charge in [-0.15, -0.1) is 0 Å². The molecule has 0 aliphatic heterocycles. The standard InChI is InChI=1S/C18H24N2O7/c1-6-4-5-7(21)9-8(6)13(22)11-12(20(2)3)14(23)10(17(19)26)16(25)18(11,27)15(9)24/h4-6,8,10-14,22-24,27H,1-3H3,(H2,19,26)/t6?,8?,10?,11?,12?,13?,14?,18-/m0/s1. The highest BCUT2D eigenvalue weighted by atomic mass is 16.4. The number of carbonyl (C=O) groups is 3. The quantitative estimate of drug-likeness (QED) is 0.340. The Morgan fingerprint density at radius 2 is 1.81 bits per heavy atom. The van der Waals surface area contributed by atoms with E-state index in [1.165, 1.54) is 11.0 Å².